The summed E-state index contributed by atoms with van der Waals surface area (Å²) in [4.78, 5) is 24.8. The van der Waals surface area contributed by atoms with Crippen molar-refractivity contribution in [3.05, 3.63) is 47.8 Å². The minimum atomic E-state index is -1.15. The van der Waals surface area contributed by atoms with Gasteiger partial charge in [-0.05, 0) is 31.5 Å². The van der Waals surface area contributed by atoms with Gasteiger partial charge in [0.1, 0.15) is 5.82 Å². The number of aliphatic hydroxyl groups is 2. The number of carbonyl (C=O) groups excluding carboxylic acids is 1. The fourth-order valence-corrected chi connectivity index (χ4v) is 3.54. The van der Waals surface area contributed by atoms with Crippen LogP contribution in [0.15, 0.2) is 36.4 Å². The Morgan fingerprint density at radius 3 is 2.48 bits per heavy atom. The normalized spacial score (nSPS) is 22.6. The second-order valence-corrected chi connectivity index (χ2v) is 7.19. The molecule has 0 saturated carbocycles. The van der Waals surface area contributed by atoms with Crippen molar-refractivity contribution < 1.29 is 29.3 Å². The molecular weight excluding hydrogens is 353 g/mol. The van der Waals surface area contributed by atoms with Gasteiger partial charge in [-0.15, -0.1) is 0 Å². The van der Waals surface area contributed by atoms with Gasteiger partial charge >= 0.3 is 5.97 Å². The zero-order valence-electron chi connectivity index (χ0n) is 15.5. The van der Waals surface area contributed by atoms with Crippen LogP contribution in [0.2, 0.25) is 0 Å². The highest BCUT2D eigenvalue weighted by atomic mass is 19.1. The summed E-state index contributed by atoms with van der Waals surface area (Å²) in [6.45, 7) is 3.80. The predicted octanol–water partition coefficient (Wildman–Crippen LogP) is 2.06. The molecule has 1 fully saturated rings. The molecule has 1 aromatic carbocycles. The number of nitrogens with zero attached hydrogens (tertiary/aromatic N) is 1. The van der Waals surface area contributed by atoms with Crippen molar-refractivity contribution in [1.82, 2.24) is 4.90 Å². The molecular formula is C20H26FNO5. The summed E-state index contributed by atoms with van der Waals surface area (Å²) in [6, 6.07) is 5.67. The smallest absolute Gasteiger partial charge is 0.305 e. The Bertz CT molecular complexity index is 688. The van der Waals surface area contributed by atoms with Crippen molar-refractivity contribution in [3.63, 3.8) is 0 Å². The van der Waals surface area contributed by atoms with Crippen molar-refractivity contribution in [3.8, 4) is 0 Å². The number of hydrogen-bond acceptors (Lipinski definition) is 4. The summed E-state index contributed by atoms with van der Waals surface area (Å²) in [5.41, 5.74) is 0.836. The Hall–Kier alpha value is -2.25. The van der Waals surface area contributed by atoms with E-state index in [2.05, 4.69) is 0 Å². The SMILES string of the molecule is CC(C)N1C(=O)C[C@@H](c2ccc(F)cc2)[C@@H]1/C=C/[C@@H](O)C[C@@H](O)CC(=O)O. The number of aliphatic hydroxyl groups excluding tert-OH is 2. The van der Waals surface area contributed by atoms with Crippen LogP contribution >= 0.6 is 0 Å². The van der Waals surface area contributed by atoms with Crippen molar-refractivity contribution in [2.45, 2.75) is 63.3 Å². The first kappa shape index (κ1) is 21.1. The number of aliphatic carboxylic acids is 1. The molecule has 148 valence electrons. The highest BCUT2D eigenvalue weighted by Crippen LogP contribution is 2.36. The predicted molar refractivity (Wildman–Crippen MR) is 97.6 cm³/mol. The van der Waals surface area contributed by atoms with Crippen molar-refractivity contribution >= 4 is 11.9 Å². The summed E-state index contributed by atoms with van der Waals surface area (Å²) >= 11 is 0. The van der Waals surface area contributed by atoms with E-state index >= 15 is 0 Å². The van der Waals surface area contributed by atoms with E-state index in [1.54, 1.807) is 23.1 Å². The van der Waals surface area contributed by atoms with Gasteiger partial charge in [0.05, 0.1) is 24.7 Å². The molecule has 0 aliphatic carbocycles. The highest BCUT2D eigenvalue weighted by molar-refractivity contribution is 5.81. The zero-order chi connectivity index (χ0) is 20.1. The molecule has 1 aromatic rings. The number of carboxylic acids is 1. The van der Waals surface area contributed by atoms with E-state index in [1.807, 2.05) is 13.8 Å². The molecule has 7 heteroatoms. The minimum absolute atomic E-state index is 0.0191. The molecule has 27 heavy (non-hydrogen) atoms. The van der Waals surface area contributed by atoms with Crippen LogP contribution < -0.4 is 0 Å². The molecule has 3 N–H and O–H groups in total. The van der Waals surface area contributed by atoms with E-state index in [0.717, 1.165) is 5.56 Å². The fourth-order valence-electron chi connectivity index (χ4n) is 3.54. The lowest BCUT2D eigenvalue weighted by atomic mass is 9.90. The second-order valence-electron chi connectivity index (χ2n) is 7.19. The monoisotopic (exact) mass is 379 g/mol. The van der Waals surface area contributed by atoms with Gasteiger partial charge in [-0.2, -0.15) is 0 Å². The third kappa shape index (κ3) is 5.61. The van der Waals surface area contributed by atoms with Crippen LogP contribution in [0.4, 0.5) is 4.39 Å². The lowest BCUT2D eigenvalue weighted by molar-refractivity contribution is -0.139. The van der Waals surface area contributed by atoms with Gasteiger partial charge in [0.25, 0.3) is 0 Å². The van der Waals surface area contributed by atoms with Crippen LogP contribution in [0, 0.1) is 5.82 Å². The van der Waals surface area contributed by atoms with Gasteiger partial charge in [0.2, 0.25) is 5.91 Å². The Labute approximate surface area is 157 Å². The summed E-state index contributed by atoms with van der Waals surface area (Å²) in [5.74, 6) is -1.68. The third-order valence-electron chi connectivity index (χ3n) is 4.72. The molecule has 0 spiro atoms. The Morgan fingerprint density at radius 1 is 1.30 bits per heavy atom. The maximum Gasteiger partial charge on any atom is 0.305 e. The molecule has 1 aliphatic heterocycles. The fraction of sp³-hybridized carbons (Fsp3) is 0.500. The molecule has 1 saturated heterocycles. The van der Waals surface area contributed by atoms with Gasteiger partial charge in [0.15, 0.2) is 0 Å². The molecule has 0 aromatic heterocycles. The second kappa shape index (κ2) is 9.10. The van der Waals surface area contributed by atoms with Crippen LogP contribution in [0.1, 0.15) is 44.6 Å². The van der Waals surface area contributed by atoms with E-state index in [0.29, 0.717) is 0 Å². The van der Waals surface area contributed by atoms with Gasteiger partial charge in [-0.3, -0.25) is 9.59 Å². The largest absolute Gasteiger partial charge is 0.481 e. The quantitative estimate of drug-likeness (QED) is 0.601. The molecule has 1 aliphatic rings. The first-order valence-corrected chi connectivity index (χ1v) is 9.02. The standard InChI is InChI=1S/C20H26FNO5/c1-12(2)22-18(8-7-15(23)9-16(24)10-20(26)27)17(11-19(22)25)13-3-5-14(21)6-4-13/h3-8,12,15-18,23-24H,9-11H2,1-2H3,(H,26,27)/b8-7+/t15-,16-,17+,18+/m1/s1. The third-order valence-corrected chi connectivity index (χ3v) is 4.72. The number of benzene rings is 1. The van der Waals surface area contributed by atoms with Gasteiger partial charge in [-0.25, -0.2) is 4.39 Å². The molecule has 0 bridgehead atoms. The maximum atomic E-state index is 13.2. The lowest BCUT2D eigenvalue weighted by Gasteiger charge is -2.29. The van der Waals surface area contributed by atoms with E-state index in [9.17, 15) is 24.2 Å². The Morgan fingerprint density at radius 2 is 1.93 bits per heavy atom. The number of carboxylic acid groups (broad SMARTS) is 1. The van der Waals surface area contributed by atoms with Crippen LogP contribution in [0.5, 0.6) is 0 Å². The number of likely N-dealkylation sites (tertiary alicyclic amines) is 1. The average Bonchev–Trinajstić information content (AvgIpc) is 2.89. The Kier molecular flexibility index (Phi) is 7.10. The molecule has 6 nitrogen and oxygen atoms in total. The van der Waals surface area contributed by atoms with Crippen LogP contribution in [-0.4, -0.2) is 56.4 Å². The summed E-state index contributed by atoms with van der Waals surface area (Å²) < 4.78 is 13.2. The first-order chi connectivity index (χ1) is 12.7. The number of amides is 1. The van der Waals surface area contributed by atoms with Gasteiger partial charge in [0, 0.05) is 24.8 Å². The molecule has 4 atom stereocenters. The zero-order valence-corrected chi connectivity index (χ0v) is 15.5. The van der Waals surface area contributed by atoms with Crippen LogP contribution in [-0.2, 0) is 9.59 Å². The molecule has 1 heterocycles. The van der Waals surface area contributed by atoms with Gasteiger partial charge in [-0.1, -0.05) is 24.3 Å². The topological polar surface area (TPSA) is 98.1 Å². The van der Waals surface area contributed by atoms with Crippen molar-refractivity contribution in [2.75, 3.05) is 0 Å². The lowest BCUT2D eigenvalue weighted by Crippen LogP contribution is -2.39. The van der Waals surface area contributed by atoms with E-state index < -0.39 is 24.6 Å². The van der Waals surface area contributed by atoms with E-state index in [4.69, 9.17) is 5.11 Å². The summed E-state index contributed by atoms with van der Waals surface area (Å²) in [6.07, 6.45) is 0.767. The minimum Gasteiger partial charge on any atom is -0.481 e. The molecule has 0 unspecified atom stereocenters. The molecule has 1 amide bonds. The number of rotatable bonds is 8. The van der Waals surface area contributed by atoms with Crippen molar-refractivity contribution in [1.29, 1.82) is 0 Å². The molecule has 2 rings (SSSR count). The number of carbonyl (C=O) groups is 2. The number of hydrogen-bond donors (Lipinski definition) is 3. The van der Waals surface area contributed by atoms with E-state index in [-0.39, 0.29) is 42.6 Å². The maximum absolute atomic E-state index is 13.2. The molecule has 0 radical (unpaired) electrons. The average molecular weight is 379 g/mol. The van der Waals surface area contributed by atoms with Crippen molar-refractivity contribution in [2.24, 2.45) is 0 Å². The van der Waals surface area contributed by atoms with Gasteiger partial charge < -0.3 is 20.2 Å². The van der Waals surface area contributed by atoms with Crippen LogP contribution in [0.3, 0.4) is 0 Å². The first-order valence-electron chi connectivity index (χ1n) is 9.02. The van der Waals surface area contributed by atoms with E-state index in [1.165, 1.54) is 18.2 Å². The highest BCUT2D eigenvalue weighted by Gasteiger charge is 2.40. The summed E-state index contributed by atoms with van der Waals surface area (Å²) in [7, 11) is 0. The van der Waals surface area contributed by atoms with Crippen LogP contribution in [0.25, 0.3) is 0 Å². The number of halogens is 1. The Balaban J connectivity index is 2.17. The summed E-state index contributed by atoms with van der Waals surface area (Å²) in [5, 5.41) is 28.4.